The third-order valence-corrected chi connectivity index (χ3v) is 2.02. The van der Waals surface area contributed by atoms with E-state index >= 15 is 0 Å². The van der Waals surface area contributed by atoms with Crippen molar-refractivity contribution in [2.75, 3.05) is 5.73 Å². The number of hydrogen-bond acceptors (Lipinski definition) is 3. The van der Waals surface area contributed by atoms with E-state index in [9.17, 15) is 0 Å². The third-order valence-electron chi connectivity index (χ3n) is 2.02. The van der Waals surface area contributed by atoms with E-state index in [1.165, 1.54) is 0 Å². The van der Waals surface area contributed by atoms with Crippen LogP contribution in [-0.2, 0) is 0 Å². The molecule has 0 bridgehead atoms. The molecule has 2 rings (SSSR count). The number of hydrogen-bond donors (Lipinski definition) is 1. The van der Waals surface area contributed by atoms with Crippen LogP contribution in [0.2, 0.25) is 0 Å². The lowest BCUT2D eigenvalue weighted by Crippen LogP contribution is -2.10. The van der Waals surface area contributed by atoms with Crippen LogP contribution >= 0.6 is 0 Å². The Bertz CT molecular complexity index is 377. The molecule has 0 unspecified atom stereocenters. The van der Waals surface area contributed by atoms with Crippen molar-refractivity contribution in [1.29, 1.82) is 0 Å². The number of furan rings is 1. The van der Waals surface area contributed by atoms with Gasteiger partial charge < -0.3 is 10.2 Å². The van der Waals surface area contributed by atoms with E-state index < -0.39 is 0 Å². The quantitative estimate of drug-likeness (QED) is 0.759. The zero-order valence-corrected chi connectivity index (χ0v) is 7.34. The summed E-state index contributed by atoms with van der Waals surface area (Å²) < 4.78 is 6.98. The molecule has 0 aliphatic heterocycles. The Morgan fingerprint density at radius 2 is 2.38 bits per heavy atom. The van der Waals surface area contributed by atoms with Crippen LogP contribution in [0.1, 0.15) is 18.7 Å². The lowest BCUT2D eigenvalue weighted by molar-refractivity contribution is 0.428. The molecule has 0 saturated heterocycles. The predicted molar refractivity (Wildman–Crippen MR) is 49.2 cm³/mol. The van der Waals surface area contributed by atoms with Crippen LogP contribution < -0.4 is 5.73 Å². The molecule has 68 valence electrons. The van der Waals surface area contributed by atoms with E-state index in [-0.39, 0.29) is 6.04 Å². The normalized spacial score (nSPS) is 13.0. The lowest BCUT2D eigenvalue weighted by Gasteiger charge is -2.10. The number of nitrogen functional groups attached to an aromatic ring is 1. The lowest BCUT2D eigenvalue weighted by atomic mass is 10.2. The van der Waals surface area contributed by atoms with Gasteiger partial charge in [-0.05, 0) is 25.1 Å². The molecule has 0 aliphatic carbocycles. The second-order valence-electron chi connectivity index (χ2n) is 2.89. The predicted octanol–water partition coefficient (Wildman–Crippen LogP) is 1.67. The van der Waals surface area contributed by atoms with Crippen molar-refractivity contribution in [3.8, 4) is 0 Å². The highest BCUT2D eigenvalue weighted by Gasteiger charge is 2.12. The first-order valence-electron chi connectivity index (χ1n) is 4.11. The molecule has 2 N–H and O–H groups in total. The minimum absolute atomic E-state index is 0.0463. The molecule has 4 nitrogen and oxygen atoms in total. The average Bonchev–Trinajstić information content (AvgIpc) is 2.72. The van der Waals surface area contributed by atoms with E-state index in [0.717, 1.165) is 5.76 Å². The Morgan fingerprint density at radius 3 is 2.92 bits per heavy atom. The molecule has 0 spiro atoms. The highest BCUT2D eigenvalue weighted by molar-refractivity contribution is 5.28. The Balaban J connectivity index is 2.33. The molecule has 0 fully saturated rings. The van der Waals surface area contributed by atoms with Crippen molar-refractivity contribution >= 4 is 5.82 Å². The molecule has 0 aromatic carbocycles. The highest BCUT2D eigenvalue weighted by Crippen LogP contribution is 2.19. The smallest absolute Gasteiger partial charge is 0.128 e. The minimum atomic E-state index is 0.0463. The number of rotatable bonds is 2. The van der Waals surface area contributed by atoms with Gasteiger partial charge in [-0.15, -0.1) is 0 Å². The molecule has 2 heterocycles. The SMILES string of the molecule is C[C@H](c1ccco1)n1nccc1N. The Labute approximate surface area is 76.0 Å². The standard InChI is InChI=1S/C9H11N3O/c1-7(8-3-2-6-13-8)12-9(10)4-5-11-12/h2-7H,10H2,1H3/t7-/m1/s1. The second kappa shape index (κ2) is 2.97. The van der Waals surface area contributed by atoms with Crippen molar-refractivity contribution in [3.05, 3.63) is 36.4 Å². The maximum atomic E-state index is 5.71. The molecule has 2 aromatic rings. The van der Waals surface area contributed by atoms with Crippen molar-refractivity contribution in [1.82, 2.24) is 9.78 Å². The monoisotopic (exact) mass is 177 g/mol. The van der Waals surface area contributed by atoms with Gasteiger partial charge in [0.05, 0.1) is 12.5 Å². The molecule has 0 saturated carbocycles. The maximum absolute atomic E-state index is 5.71. The van der Waals surface area contributed by atoms with Gasteiger partial charge in [0, 0.05) is 0 Å². The van der Waals surface area contributed by atoms with Gasteiger partial charge in [0.2, 0.25) is 0 Å². The van der Waals surface area contributed by atoms with Crippen LogP contribution in [-0.4, -0.2) is 9.78 Å². The molecule has 4 heteroatoms. The summed E-state index contributed by atoms with van der Waals surface area (Å²) in [5.74, 6) is 1.50. The van der Waals surface area contributed by atoms with E-state index in [0.29, 0.717) is 5.82 Å². The molecule has 1 atom stereocenters. The zero-order valence-electron chi connectivity index (χ0n) is 7.34. The summed E-state index contributed by atoms with van der Waals surface area (Å²) in [5, 5.41) is 4.10. The van der Waals surface area contributed by atoms with Gasteiger partial charge in [-0.1, -0.05) is 0 Å². The topological polar surface area (TPSA) is 57.0 Å². The highest BCUT2D eigenvalue weighted by atomic mass is 16.3. The van der Waals surface area contributed by atoms with E-state index in [4.69, 9.17) is 10.2 Å². The molecule has 2 aromatic heterocycles. The summed E-state index contributed by atoms with van der Waals surface area (Å²) in [4.78, 5) is 0. The van der Waals surface area contributed by atoms with Crippen LogP contribution in [0.5, 0.6) is 0 Å². The van der Waals surface area contributed by atoms with Crippen LogP contribution in [0, 0.1) is 0 Å². The van der Waals surface area contributed by atoms with Gasteiger partial charge in [0.15, 0.2) is 0 Å². The number of anilines is 1. The fraction of sp³-hybridized carbons (Fsp3) is 0.222. The van der Waals surface area contributed by atoms with E-state index in [1.807, 2.05) is 19.1 Å². The summed E-state index contributed by atoms with van der Waals surface area (Å²) in [7, 11) is 0. The zero-order chi connectivity index (χ0) is 9.26. The van der Waals surface area contributed by atoms with E-state index in [2.05, 4.69) is 5.10 Å². The van der Waals surface area contributed by atoms with Gasteiger partial charge in [0.25, 0.3) is 0 Å². The molecule has 0 amide bonds. The fourth-order valence-electron chi connectivity index (χ4n) is 1.30. The van der Waals surface area contributed by atoms with Crippen molar-refractivity contribution in [2.24, 2.45) is 0 Å². The summed E-state index contributed by atoms with van der Waals surface area (Å²) in [6.45, 7) is 1.99. The van der Waals surface area contributed by atoms with Crippen LogP contribution in [0.4, 0.5) is 5.82 Å². The average molecular weight is 177 g/mol. The van der Waals surface area contributed by atoms with Crippen LogP contribution in [0.25, 0.3) is 0 Å². The molecule has 0 radical (unpaired) electrons. The van der Waals surface area contributed by atoms with Crippen LogP contribution in [0.3, 0.4) is 0 Å². The van der Waals surface area contributed by atoms with Gasteiger partial charge in [-0.25, -0.2) is 4.68 Å². The first kappa shape index (κ1) is 7.91. The van der Waals surface area contributed by atoms with Crippen LogP contribution in [0.15, 0.2) is 35.1 Å². The summed E-state index contributed by atoms with van der Waals surface area (Å²) >= 11 is 0. The molecule has 0 aliphatic rings. The van der Waals surface area contributed by atoms with Crippen molar-refractivity contribution in [2.45, 2.75) is 13.0 Å². The maximum Gasteiger partial charge on any atom is 0.128 e. The summed E-state index contributed by atoms with van der Waals surface area (Å²) in [6, 6.07) is 5.57. The largest absolute Gasteiger partial charge is 0.467 e. The molecule has 13 heavy (non-hydrogen) atoms. The van der Waals surface area contributed by atoms with Crippen molar-refractivity contribution < 1.29 is 4.42 Å². The summed E-state index contributed by atoms with van der Waals surface area (Å²) in [5.41, 5.74) is 5.71. The second-order valence-corrected chi connectivity index (χ2v) is 2.89. The fourth-order valence-corrected chi connectivity index (χ4v) is 1.30. The number of aromatic nitrogens is 2. The van der Waals surface area contributed by atoms with E-state index in [1.54, 1.807) is 23.2 Å². The first-order chi connectivity index (χ1) is 6.29. The Hall–Kier alpha value is -1.71. The number of nitrogens with zero attached hydrogens (tertiary/aromatic N) is 2. The minimum Gasteiger partial charge on any atom is -0.467 e. The van der Waals surface area contributed by atoms with Crippen molar-refractivity contribution in [3.63, 3.8) is 0 Å². The number of nitrogens with two attached hydrogens (primary N) is 1. The van der Waals surface area contributed by atoms with Gasteiger partial charge in [0.1, 0.15) is 17.6 Å². The third kappa shape index (κ3) is 1.30. The summed E-state index contributed by atoms with van der Waals surface area (Å²) in [6.07, 6.45) is 3.32. The molecular weight excluding hydrogens is 166 g/mol. The Kier molecular flexibility index (Phi) is 1.81. The van der Waals surface area contributed by atoms with Gasteiger partial charge >= 0.3 is 0 Å². The molecular formula is C9H11N3O. The Morgan fingerprint density at radius 1 is 1.54 bits per heavy atom. The van der Waals surface area contributed by atoms with Gasteiger partial charge in [-0.2, -0.15) is 5.10 Å². The first-order valence-corrected chi connectivity index (χ1v) is 4.11. The van der Waals surface area contributed by atoms with Gasteiger partial charge in [-0.3, -0.25) is 0 Å².